The number of benzene rings is 4. The van der Waals surface area contributed by atoms with Crippen LogP contribution in [0.3, 0.4) is 0 Å². The third-order valence-corrected chi connectivity index (χ3v) is 8.53. The van der Waals surface area contributed by atoms with Gasteiger partial charge in [-0.15, -0.1) is 0 Å². The first kappa shape index (κ1) is 37.9. The molecule has 0 unspecified atom stereocenters. The first-order valence-electron chi connectivity index (χ1n) is 15.8. The topological polar surface area (TPSA) is 41.5 Å². The molecule has 0 amide bonds. The van der Waals surface area contributed by atoms with Crippen LogP contribution in [0.15, 0.2) is 72.8 Å². The Morgan fingerprint density at radius 2 is 1.27 bits per heavy atom. The van der Waals surface area contributed by atoms with Crippen LogP contribution in [0.4, 0.5) is 26.3 Å². The molecule has 0 saturated carbocycles. The number of aliphatic hydroxyl groups is 1. The summed E-state index contributed by atoms with van der Waals surface area (Å²) in [4.78, 5) is 0. The van der Waals surface area contributed by atoms with E-state index in [1.165, 1.54) is 30.4 Å². The fraction of sp³-hybridized carbons (Fsp3) is 0.282. The van der Waals surface area contributed by atoms with Gasteiger partial charge in [-0.1, -0.05) is 90.5 Å². The van der Waals surface area contributed by atoms with E-state index in [9.17, 15) is 26.3 Å². The van der Waals surface area contributed by atoms with Crippen LogP contribution in [0.1, 0.15) is 62.9 Å². The van der Waals surface area contributed by atoms with Crippen LogP contribution in [0.25, 0.3) is 35.4 Å². The van der Waals surface area contributed by atoms with E-state index in [1.807, 2.05) is 13.0 Å². The number of methoxy groups -OCH3 is 1. The lowest BCUT2D eigenvalue weighted by atomic mass is 9.94. The number of alkyl halides is 6. The summed E-state index contributed by atoms with van der Waals surface area (Å²) in [6.45, 7) is 2.94. The second kappa shape index (κ2) is 17.2. The second-order valence-electron chi connectivity index (χ2n) is 11.6. The molecule has 0 bridgehead atoms. The Morgan fingerprint density at radius 1 is 0.714 bits per heavy atom. The minimum absolute atomic E-state index is 0.00281. The molecular weight excluding hydrogens is 664 g/mol. The lowest BCUT2D eigenvalue weighted by molar-refractivity contribution is -0.138. The van der Waals surface area contributed by atoms with Gasteiger partial charge < -0.3 is 15.2 Å². The van der Waals surface area contributed by atoms with Crippen molar-refractivity contribution in [3.63, 3.8) is 0 Å². The maximum atomic E-state index is 13.9. The molecule has 2 N–H and O–H groups in total. The molecule has 260 valence electrons. The summed E-state index contributed by atoms with van der Waals surface area (Å²) >= 11 is 6.86. The molecule has 0 radical (unpaired) electrons. The molecule has 0 aliphatic heterocycles. The van der Waals surface area contributed by atoms with Crippen molar-refractivity contribution in [2.75, 3.05) is 26.9 Å². The molecule has 0 fully saturated rings. The predicted molar refractivity (Wildman–Crippen MR) is 186 cm³/mol. The summed E-state index contributed by atoms with van der Waals surface area (Å²) in [5.41, 5.74) is 3.26. The van der Waals surface area contributed by atoms with Crippen molar-refractivity contribution in [2.24, 2.45) is 0 Å². The van der Waals surface area contributed by atoms with Crippen molar-refractivity contribution in [1.29, 1.82) is 0 Å². The van der Waals surface area contributed by atoms with Crippen molar-refractivity contribution in [1.82, 2.24) is 5.32 Å². The van der Waals surface area contributed by atoms with E-state index in [-0.39, 0.29) is 17.7 Å². The van der Waals surface area contributed by atoms with Gasteiger partial charge in [-0.2, -0.15) is 26.3 Å². The number of halogens is 7. The quantitative estimate of drug-likeness (QED) is 0.0781. The number of rotatable bonds is 14. The minimum Gasteiger partial charge on any atom is -0.395 e. The number of aryl methyl sites for hydroxylation is 1. The van der Waals surface area contributed by atoms with Gasteiger partial charge in [0, 0.05) is 32.4 Å². The van der Waals surface area contributed by atoms with Crippen LogP contribution in [-0.4, -0.2) is 32.0 Å². The van der Waals surface area contributed by atoms with E-state index in [1.54, 1.807) is 55.7 Å². The Kier molecular flexibility index (Phi) is 13.3. The Morgan fingerprint density at radius 3 is 1.88 bits per heavy atom. The molecule has 4 rings (SSSR count). The van der Waals surface area contributed by atoms with Gasteiger partial charge in [-0.05, 0) is 88.9 Å². The minimum atomic E-state index is -4.55. The van der Waals surface area contributed by atoms with Crippen molar-refractivity contribution in [3.8, 4) is 11.1 Å². The van der Waals surface area contributed by atoms with Gasteiger partial charge in [-0.3, -0.25) is 0 Å². The van der Waals surface area contributed by atoms with Crippen LogP contribution < -0.4 is 5.32 Å². The van der Waals surface area contributed by atoms with Crippen LogP contribution in [0.2, 0.25) is 5.02 Å². The SMILES string of the molecule is COCCCCc1ccc(C(F)(F)F)c(/C=C/c2cccc(-c3cccc(/C=C/c4cc(CNCCO)ccc4C(F)(F)F)c3C)c2Cl)c1. The summed E-state index contributed by atoms with van der Waals surface area (Å²) in [6.07, 6.45) is -0.869. The smallest absolute Gasteiger partial charge is 0.395 e. The Hall–Kier alpha value is -3.89. The highest BCUT2D eigenvalue weighted by atomic mass is 35.5. The summed E-state index contributed by atoms with van der Waals surface area (Å²) in [5, 5.41) is 12.3. The first-order valence-corrected chi connectivity index (χ1v) is 16.2. The van der Waals surface area contributed by atoms with Gasteiger partial charge in [0.1, 0.15) is 0 Å². The zero-order chi connectivity index (χ0) is 35.6. The third kappa shape index (κ3) is 10.3. The fourth-order valence-corrected chi connectivity index (χ4v) is 5.83. The lowest BCUT2D eigenvalue weighted by Gasteiger charge is -2.14. The third-order valence-electron chi connectivity index (χ3n) is 8.10. The molecule has 0 heterocycles. The zero-order valence-corrected chi connectivity index (χ0v) is 27.9. The first-order chi connectivity index (χ1) is 23.3. The van der Waals surface area contributed by atoms with Crippen LogP contribution in [0, 0.1) is 6.92 Å². The molecule has 4 aromatic rings. The predicted octanol–water partition coefficient (Wildman–Crippen LogP) is 10.7. The summed E-state index contributed by atoms with van der Waals surface area (Å²) in [5.74, 6) is 0. The second-order valence-corrected chi connectivity index (χ2v) is 12.0. The van der Waals surface area contributed by atoms with E-state index >= 15 is 0 Å². The number of aliphatic hydroxyl groups excluding tert-OH is 1. The van der Waals surface area contributed by atoms with Crippen molar-refractivity contribution >= 4 is 35.9 Å². The highest BCUT2D eigenvalue weighted by molar-refractivity contribution is 6.35. The van der Waals surface area contributed by atoms with Crippen LogP contribution in [0.5, 0.6) is 0 Å². The number of nitrogens with one attached hydrogen (secondary N) is 1. The summed E-state index contributed by atoms with van der Waals surface area (Å²) in [6, 6.07) is 18.7. The average Bonchev–Trinajstić information content (AvgIpc) is 3.05. The Balaban J connectivity index is 1.66. The van der Waals surface area contributed by atoms with Crippen LogP contribution >= 0.6 is 11.6 Å². The van der Waals surface area contributed by atoms with Gasteiger partial charge in [0.15, 0.2) is 0 Å². The lowest BCUT2D eigenvalue weighted by Crippen LogP contribution is -2.18. The van der Waals surface area contributed by atoms with E-state index in [0.717, 1.165) is 41.7 Å². The monoisotopic (exact) mass is 701 g/mol. The number of unbranched alkanes of at least 4 members (excludes halogenated alkanes) is 1. The van der Waals surface area contributed by atoms with Gasteiger partial charge in [0.2, 0.25) is 0 Å². The number of hydrogen-bond donors (Lipinski definition) is 2. The van der Waals surface area contributed by atoms with Gasteiger partial charge in [0.25, 0.3) is 0 Å². The summed E-state index contributed by atoms with van der Waals surface area (Å²) in [7, 11) is 1.61. The molecule has 0 atom stereocenters. The normalized spacial score (nSPS) is 12.4. The molecule has 0 aliphatic carbocycles. The molecule has 4 aromatic carbocycles. The summed E-state index contributed by atoms with van der Waals surface area (Å²) < 4.78 is 88.3. The van der Waals surface area contributed by atoms with E-state index in [4.69, 9.17) is 21.4 Å². The fourth-order valence-electron chi connectivity index (χ4n) is 5.54. The molecule has 49 heavy (non-hydrogen) atoms. The number of ether oxygens (including phenoxy) is 1. The molecule has 0 saturated heterocycles. The number of hydrogen-bond acceptors (Lipinski definition) is 3. The van der Waals surface area contributed by atoms with Gasteiger partial charge in [0.05, 0.1) is 22.8 Å². The highest BCUT2D eigenvalue weighted by Crippen LogP contribution is 2.38. The van der Waals surface area contributed by atoms with Crippen molar-refractivity contribution in [3.05, 3.63) is 128 Å². The Labute approximate surface area is 287 Å². The largest absolute Gasteiger partial charge is 0.416 e. The molecular formula is C39H38ClF6NO2. The van der Waals surface area contributed by atoms with E-state index in [0.29, 0.717) is 53.4 Å². The zero-order valence-electron chi connectivity index (χ0n) is 27.2. The van der Waals surface area contributed by atoms with Gasteiger partial charge >= 0.3 is 12.4 Å². The maximum Gasteiger partial charge on any atom is 0.416 e. The van der Waals surface area contributed by atoms with Crippen LogP contribution in [-0.2, 0) is 30.1 Å². The average molecular weight is 702 g/mol. The maximum absolute atomic E-state index is 13.9. The molecule has 0 spiro atoms. The molecule has 0 aliphatic rings. The van der Waals surface area contributed by atoms with Crippen molar-refractivity contribution in [2.45, 2.75) is 45.1 Å². The van der Waals surface area contributed by atoms with E-state index in [2.05, 4.69) is 5.32 Å². The molecule has 3 nitrogen and oxygen atoms in total. The Bertz CT molecular complexity index is 1780. The van der Waals surface area contributed by atoms with E-state index < -0.39 is 23.5 Å². The van der Waals surface area contributed by atoms with Gasteiger partial charge in [-0.25, -0.2) is 0 Å². The standard InChI is InChI=1S/C39H38ClF6NO2/c1-26-29(14-16-32-24-28(25-47-20-21-48)13-19-36(32)39(44,45)46)8-5-10-33(26)34-11-6-9-30(37(34)40)15-17-31-23-27(7-3-4-22-49-2)12-18-35(31)38(41,42)43/h5-6,8-19,23-24,47-48H,3-4,7,20-22,25H2,1-2H3/b16-14+,17-15+. The highest BCUT2D eigenvalue weighted by Gasteiger charge is 2.33. The van der Waals surface area contributed by atoms with Crippen molar-refractivity contribution < 1.29 is 36.2 Å². The molecule has 10 heteroatoms. The molecule has 0 aromatic heterocycles.